The maximum absolute atomic E-state index is 12.1. The standard InChI is InChI=1S/C13H12N2O3/c1-15(12-10(16)5-2-6-11(12)17)13(18)9-4-3-7-14-8-9/h2-8,16-17H,1H3. The first-order valence-electron chi connectivity index (χ1n) is 5.30. The monoisotopic (exact) mass is 244 g/mol. The molecule has 0 fully saturated rings. The molecule has 0 radical (unpaired) electrons. The SMILES string of the molecule is CN(C(=O)c1cccnc1)c1c(O)cccc1O. The lowest BCUT2D eigenvalue weighted by Gasteiger charge is -2.19. The van der Waals surface area contributed by atoms with E-state index >= 15 is 0 Å². The van der Waals surface area contributed by atoms with Crippen LogP contribution in [-0.2, 0) is 0 Å². The fourth-order valence-corrected chi connectivity index (χ4v) is 1.65. The van der Waals surface area contributed by atoms with Crippen LogP contribution in [0.15, 0.2) is 42.7 Å². The smallest absolute Gasteiger partial charge is 0.259 e. The number of carbonyl (C=O) groups is 1. The van der Waals surface area contributed by atoms with Gasteiger partial charge < -0.3 is 15.1 Å². The number of phenolic OH excluding ortho intramolecular Hbond substituents is 2. The van der Waals surface area contributed by atoms with Crippen molar-refractivity contribution in [2.24, 2.45) is 0 Å². The largest absolute Gasteiger partial charge is 0.506 e. The molecule has 0 bridgehead atoms. The maximum atomic E-state index is 12.1. The fourth-order valence-electron chi connectivity index (χ4n) is 1.65. The molecule has 0 atom stereocenters. The van der Waals surface area contributed by atoms with E-state index in [0.29, 0.717) is 5.56 Å². The molecule has 0 aliphatic heterocycles. The van der Waals surface area contributed by atoms with E-state index in [1.807, 2.05) is 0 Å². The van der Waals surface area contributed by atoms with E-state index < -0.39 is 0 Å². The number of anilines is 1. The van der Waals surface area contributed by atoms with Gasteiger partial charge in [-0.3, -0.25) is 9.78 Å². The Balaban J connectivity index is 2.38. The zero-order chi connectivity index (χ0) is 13.1. The Labute approximate surface area is 104 Å². The summed E-state index contributed by atoms with van der Waals surface area (Å²) < 4.78 is 0. The lowest BCUT2D eigenvalue weighted by Crippen LogP contribution is -2.26. The molecule has 5 nitrogen and oxygen atoms in total. The number of phenols is 2. The van der Waals surface area contributed by atoms with Crippen molar-refractivity contribution >= 4 is 11.6 Å². The highest BCUT2D eigenvalue weighted by molar-refractivity contribution is 6.07. The third kappa shape index (κ3) is 2.10. The number of aromatic nitrogens is 1. The molecule has 2 N–H and O–H groups in total. The number of nitrogens with zero attached hydrogens (tertiary/aromatic N) is 2. The minimum Gasteiger partial charge on any atom is -0.506 e. The third-order valence-corrected chi connectivity index (χ3v) is 2.54. The molecule has 1 aromatic carbocycles. The van der Waals surface area contributed by atoms with E-state index in [-0.39, 0.29) is 23.1 Å². The van der Waals surface area contributed by atoms with E-state index in [1.165, 1.54) is 36.3 Å². The Kier molecular flexibility index (Phi) is 3.14. The Hall–Kier alpha value is -2.56. The van der Waals surface area contributed by atoms with E-state index in [9.17, 15) is 15.0 Å². The van der Waals surface area contributed by atoms with Gasteiger partial charge in [0.1, 0.15) is 17.2 Å². The highest BCUT2D eigenvalue weighted by Crippen LogP contribution is 2.35. The Morgan fingerprint density at radius 3 is 2.39 bits per heavy atom. The molecular weight excluding hydrogens is 232 g/mol. The number of aromatic hydroxyl groups is 2. The molecule has 5 heteroatoms. The maximum Gasteiger partial charge on any atom is 0.259 e. The van der Waals surface area contributed by atoms with Gasteiger partial charge in [-0.1, -0.05) is 6.07 Å². The lowest BCUT2D eigenvalue weighted by atomic mass is 10.2. The van der Waals surface area contributed by atoms with Crippen molar-refractivity contribution in [3.8, 4) is 11.5 Å². The number of rotatable bonds is 2. The second-order valence-electron chi connectivity index (χ2n) is 3.75. The predicted molar refractivity (Wildman–Crippen MR) is 66.7 cm³/mol. The van der Waals surface area contributed by atoms with Crippen LogP contribution >= 0.6 is 0 Å². The van der Waals surface area contributed by atoms with E-state index in [1.54, 1.807) is 18.3 Å². The molecule has 0 saturated heterocycles. The molecule has 0 saturated carbocycles. The molecule has 92 valence electrons. The molecule has 2 aromatic rings. The van der Waals surface area contributed by atoms with E-state index in [0.717, 1.165) is 0 Å². The summed E-state index contributed by atoms with van der Waals surface area (Å²) in [5.41, 5.74) is 0.453. The molecule has 1 amide bonds. The van der Waals surface area contributed by atoms with Gasteiger partial charge in [0.2, 0.25) is 0 Å². The van der Waals surface area contributed by atoms with Gasteiger partial charge in [0.15, 0.2) is 0 Å². The Bertz CT molecular complexity index is 549. The predicted octanol–water partition coefficient (Wildman–Crippen LogP) is 1.77. The molecular formula is C13H12N2O3. The van der Waals surface area contributed by atoms with Gasteiger partial charge in [-0.2, -0.15) is 0 Å². The summed E-state index contributed by atoms with van der Waals surface area (Å²) in [6.07, 6.45) is 2.99. The van der Waals surface area contributed by atoms with Gasteiger partial charge in [-0.25, -0.2) is 0 Å². The van der Waals surface area contributed by atoms with Crippen LogP contribution in [0.25, 0.3) is 0 Å². The van der Waals surface area contributed by atoms with Crippen molar-refractivity contribution in [1.29, 1.82) is 0 Å². The summed E-state index contributed by atoms with van der Waals surface area (Å²) in [5.74, 6) is -0.676. The number of para-hydroxylation sites is 1. The van der Waals surface area contributed by atoms with Crippen molar-refractivity contribution in [2.75, 3.05) is 11.9 Å². The minimum atomic E-state index is -0.361. The summed E-state index contributed by atoms with van der Waals surface area (Å²) in [6, 6.07) is 7.56. The topological polar surface area (TPSA) is 73.7 Å². The first kappa shape index (κ1) is 11.9. The number of hydrogen-bond donors (Lipinski definition) is 2. The van der Waals surface area contributed by atoms with E-state index in [2.05, 4.69) is 4.98 Å². The van der Waals surface area contributed by atoms with Gasteiger partial charge in [-0.05, 0) is 24.3 Å². The zero-order valence-electron chi connectivity index (χ0n) is 9.74. The number of amides is 1. The number of pyridine rings is 1. The zero-order valence-corrected chi connectivity index (χ0v) is 9.74. The first-order chi connectivity index (χ1) is 8.61. The van der Waals surface area contributed by atoms with Crippen molar-refractivity contribution in [3.63, 3.8) is 0 Å². The van der Waals surface area contributed by atoms with Gasteiger partial charge in [-0.15, -0.1) is 0 Å². The highest BCUT2D eigenvalue weighted by atomic mass is 16.3. The Morgan fingerprint density at radius 2 is 1.83 bits per heavy atom. The highest BCUT2D eigenvalue weighted by Gasteiger charge is 2.19. The summed E-state index contributed by atoms with van der Waals surface area (Å²) in [6.45, 7) is 0. The molecule has 1 aromatic heterocycles. The van der Waals surface area contributed by atoms with Gasteiger partial charge in [0.05, 0.1) is 5.56 Å². The molecule has 0 aliphatic carbocycles. The van der Waals surface area contributed by atoms with Crippen LogP contribution < -0.4 is 4.90 Å². The van der Waals surface area contributed by atoms with E-state index in [4.69, 9.17) is 0 Å². The Morgan fingerprint density at radius 1 is 1.17 bits per heavy atom. The van der Waals surface area contributed by atoms with Crippen molar-refractivity contribution in [2.45, 2.75) is 0 Å². The third-order valence-electron chi connectivity index (χ3n) is 2.54. The molecule has 18 heavy (non-hydrogen) atoms. The lowest BCUT2D eigenvalue weighted by molar-refractivity contribution is 0.0991. The minimum absolute atomic E-state index is 0.0753. The number of carbonyl (C=O) groups excluding carboxylic acids is 1. The molecule has 0 unspecified atom stereocenters. The van der Waals surface area contributed by atoms with Crippen LogP contribution in [0.5, 0.6) is 11.5 Å². The van der Waals surface area contributed by atoms with Crippen LogP contribution in [0.2, 0.25) is 0 Å². The molecule has 2 rings (SSSR count). The van der Waals surface area contributed by atoms with Crippen molar-refractivity contribution < 1.29 is 15.0 Å². The average Bonchev–Trinajstić information content (AvgIpc) is 2.38. The van der Waals surface area contributed by atoms with Crippen LogP contribution in [0, 0.1) is 0 Å². The average molecular weight is 244 g/mol. The fraction of sp³-hybridized carbons (Fsp3) is 0.0769. The number of hydrogen-bond acceptors (Lipinski definition) is 4. The van der Waals surface area contributed by atoms with Gasteiger partial charge in [0, 0.05) is 19.4 Å². The van der Waals surface area contributed by atoms with Crippen LogP contribution in [0.1, 0.15) is 10.4 Å². The second-order valence-corrected chi connectivity index (χ2v) is 3.75. The van der Waals surface area contributed by atoms with Crippen LogP contribution in [-0.4, -0.2) is 28.2 Å². The summed E-state index contributed by atoms with van der Waals surface area (Å²) in [4.78, 5) is 17.1. The summed E-state index contributed by atoms with van der Waals surface area (Å²) in [7, 11) is 1.48. The van der Waals surface area contributed by atoms with Crippen molar-refractivity contribution in [3.05, 3.63) is 48.3 Å². The second kappa shape index (κ2) is 4.75. The van der Waals surface area contributed by atoms with Gasteiger partial charge >= 0.3 is 0 Å². The summed E-state index contributed by atoms with van der Waals surface area (Å²) >= 11 is 0. The number of benzene rings is 1. The summed E-state index contributed by atoms with van der Waals surface area (Å²) in [5, 5.41) is 19.4. The normalized spacial score (nSPS) is 10.1. The van der Waals surface area contributed by atoms with Crippen molar-refractivity contribution in [1.82, 2.24) is 4.98 Å². The van der Waals surface area contributed by atoms with Crippen LogP contribution in [0.4, 0.5) is 5.69 Å². The quantitative estimate of drug-likeness (QED) is 0.844. The van der Waals surface area contributed by atoms with Gasteiger partial charge in [0.25, 0.3) is 5.91 Å². The molecule has 0 aliphatic rings. The first-order valence-corrected chi connectivity index (χ1v) is 5.30. The van der Waals surface area contributed by atoms with Crippen LogP contribution in [0.3, 0.4) is 0 Å². The molecule has 0 spiro atoms. The molecule has 1 heterocycles.